The third-order valence-electron chi connectivity index (χ3n) is 3.67. The normalized spacial score (nSPS) is 14.0. The fraction of sp³-hybridized carbons (Fsp3) is 0.438. The Kier molecular flexibility index (Phi) is 3.73. The molecule has 0 spiro atoms. The molecular formula is C16H20N4O. The van der Waals surface area contributed by atoms with Crippen LogP contribution in [-0.2, 0) is 0 Å². The molecule has 5 heteroatoms. The Labute approximate surface area is 124 Å². The molecule has 1 aliphatic rings. The van der Waals surface area contributed by atoms with Crippen LogP contribution < -0.4 is 10.1 Å². The third-order valence-corrected chi connectivity index (χ3v) is 3.67. The van der Waals surface area contributed by atoms with Crippen molar-refractivity contribution in [3.63, 3.8) is 0 Å². The molecule has 0 amide bonds. The van der Waals surface area contributed by atoms with Crippen molar-refractivity contribution in [3.8, 4) is 17.0 Å². The zero-order valence-corrected chi connectivity index (χ0v) is 12.7. The molecule has 2 aromatic heterocycles. The largest absolute Gasteiger partial charge is 0.495 e. The number of anilines is 1. The highest BCUT2D eigenvalue weighted by Crippen LogP contribution is 2.40. The number of nitrogens with one attached hydrogen (secondary N) is 1. The monoisotopic (exact) mass is 284 g/mol. The molecule has 1 saturated carbocycles. The van der Waals surface area contributed by atoms with E-state index in [0.717, 1.165) is 40.8 Å². The zero-order valence-electron chi connectivity index (χ0n) is 12.7. The molecule has 2 heterocycles. The van der Waals surface area contributed by atoms with E-state index in [9.17, 15) is 0 Å². The van der Waals surface area contributed by atoms with Crippen LogP contribution in [0.3, 0.4) is 0 Å². The summed E-state index contributed by atoms with van der Waals surface area (Å²) < 4.78 is 5.26. The molecular weight excluding hydrogens is 264 g/mol. The highest BCUT2D eigenvalue weighted by Gasteiger charge is 2.28. The lowest BCUT2D eigenvalue weighted by atomic mass is 10.1. The molecule has 1 N–H and O–H groups in total. The predicted molar refractivity (Wildman–Crippen MR) is 82.7 cm³/mol. The summed E-state index contributed by atoms with van der Waals surface area (Å²) in [5.41, 5.74) is 2.96. The molecule has 2 aromatic rings. The van der Waals surface area contributed by atoms with Crippen molar-refractivity contribution < 1.29 is 4.74 Å². The second kappa shape index (κ2) is 5.68. The van der Waals surface area contributed by atoms with E-state index < -0.39 is 0 Å². The fourth-order valence-electron chi connectivity index (χ4n) is 2.34. The SMILES string of the molecule is CCNc1nc(C2CC2)nc(-c2cncc(OC)c2)c1C. The first kappa shape index (κ1) is 13.8. The summed E-state index contributed by atoms with van der Waals surface area (Å²) in [5.74, 6) is 3.12. The van der Waals surface area contributed by atoms with Crippen LogP contribution >= 0.6 is 0 Å². The van der Waals surface area contributed by atoms with E-state index in [2.05, 4.69) is 22.2 Å². The number of hydrogen-bond acceptors (Lipinski definition) is 5. The van der Waals surface area contributed by atoms with Gasteiger partial charge in [0.1, 0.15) is 17.4 Å². The Bertz CT molecular complexity index is 653. The first-order valence-electron chi connectivity index (χ1n) is 7.34. The topological polar surface area (TPSA) is 59.9 Å². The number of ether oxygens (including phenoxy) is 1. The second-order valence-electron chi connectivity index (χ2n) is 5.32. The van der Waals surface area contributed by atoms with Crippen LogP contribution in [0.25, 0.3) is 11.3 Å². The Balaban J connectivity index is 2.10. The third kappa shape index (κ3) is 2.82. The zero-order chi connectivity index (χ0) is 14.8. The lowest BCUT2D eigenvalue weighted by Crippen LogP contribution is -2.07. The minimum absolute atomic E-state index is 0.514. The van der Waals surface area contributed by atoms with E-state index in [1.165, 1.54) is 12.8 Å². The van der Waals surface area contributed by atoms with E-state index in [4.69, 9.17) is 9.72 Å². The molecule has 0 atom stereocenters. The first-order chi connectivity index (χ1) is 10.2. The van der Waals surface area contributed by atoms with Crippen LogP contribution in [0.15, 0.2) is 18.5 Å². The van der Waals surface area contributed by atoms with Crippen LogP contribution in [-0.4, -0.2) is 28.6 Å². The van der Waals surface area contributed by atoms with Gasteiger partial charge in [-0.25, -0.2) is 9.97 Å². The number of rotatable bonds is 5. The molecule has 0 aromatic carbocycles. The number of hydrogen-bond donors (Lipinski definition) is 1. The van der Waals surface area contributed by atoms with Crippen molar-refractivity contribution in [2.75, 3.05) is 19.0 Å². The maximum atomic E-state index is 5.26. The van der Waals surface area contributed by atoms with Crippen molar-refractivity contribution in [2.24, 2.45) is 0 Å². The van der Waals surface area contributed by atoms with Gasteiger partial charge in [0.15, 0.2) is 0 Å². The minimum Gasteiger partial charge on any atom is -0.495 e. The quantitative estimate of drug-likeness (QED) is 0.914. The molecule has 1 aliphatic carbocycles. The van der Waals surface area contributed by atoms with Crippen LogP contribution in [0.5, 0.6) is 5.75 Å². The summed E-state index contributed by atoms with van der Waals surface area (Å²) in [6, 6.07) is 1.97. The van der Waals surface area contributed by atoms with Gasteiger partial charge in [-0.05, 0) is 32.8 Å². The van der Waals surface area contributed by atoms with Gasteiger partial charge in [0, 0.05) is 29.8 Å². The van der Waals surface area contributed by atoms with Gasteiger partial charge >= 0.3 is 0 Å². The van der Waals surface area contributed by atoms with Gasteiger partial charge in [-0.15, -0.1) is 0 Å². The maximum absolute atomic E-state index is 5.26. The van der Waals surface area contributed by atoms with Gasteiger partial charge in [-0.1, -0.05) is 0 Å². The van der Waals surface area contributed by atoms with Crippen molar-refractivity contribution in [2.45, 2.75) is 32.6 Å². The molecule has 0 aliphatic heterocycles. The molecule has 21 heavy (non-hydrogen) atoms. The summed E-state index contributed by atoms with van der Waals surface area (Å²) in [6.45, 7) is 4.96. The van der Waals surface area contributed by atoms with Crippen LogP contribution in [0.1, 0.15) is 37.1 Å². The standard InChI is InChI=1S/C16H20N4O/c1-4-18-15-10(2)14(19-16(20-15)11-5-6-11)12-7-13(21-3)9-17-8-12/h7-9,11H,4-6H2,1-3H3,(H,18,19,20). The lowest BCUT2D eigenvalue weighted by molar-refractivity contribution is 0.413. The fourth-order valence-corrected chi connectivity index (χ4v) is 2.34. The molecule has 0 radical (unpaired) electrons. The highest BCUT2D eigenvalue weighted by atomic mass is 16.5. The predicted octanol–water partition coefficient (Wildman–Crippen LogP) is 3.16. The Morgan fingerprint density at radius 2 is 2.10 bits per heavy atom. The summed E-state index contributed by atoms with van der Waals surface area (Å²) in [4.78, 5) is 13.7. The number of aromatic nitrogens is 3. The van der Waals surface area contributed by atoms with Crippen molar-refractivity contribution in [1.82, 2.24) is 15.0 Å². The molecule has 3 rings (SSSR count). The van der Waals surface area contributed by atoms with Crippen molar-refractivity contribution in [3.05, 3.63) is 29.8 Å². The summed E-state index contributed by atoms with van der Waals surface area (Å²) >= 11 is 0. The van der Waals surface area contributed by atoms with E-state index in [1.807, 2.05) is 19.2 Å². The smallest absolute Gasteiger partial charge is 0.137 e. The number of nitrogens with zero attached hydrogens (tertiary/aromatic N) is 3. The number of methoxy groups -OCH3 is 1. The van der Waals surface area contributed by atoms with Gasteiger partial charge in [-0.2, -0.15) is 0 Å². The van der Waals surface area contributed by atoms with E-state index in [-0.39, 0.29) is 0 Å². The van der Waals surface area contributed by atoms with Crippen molar-refractivity contribution in [1.29, 1.82) is 0 Å². The molecule has 110 valence electrons. The summed E-state index contributed by atoms with van der Waals surface area (Å²) in [7, 11) is 1.65. The van der Waals surface area contributed by atoms with Gasteiger partial charge < -0.3 is 10.1 Å². The van der Waals surface area contributed by atoms with Gasteiger partial charge in [0.05, 0.1) is 19.0 Å². The van der Waals surface area contributed by atoms with Gasteiger partial charge in [-0.3, -0.25) is 4.98 Å². The van der Waals surface area contributed by atoms with Crippen LogP contribution in [0, 0.1) is 6.92 Å². The molecule has 1 fully saturated rings. The van der Waals surface area contributed by atoms with E-state index >= 15 is 0 Å². The molecule has 0 saturated heterocycles. The summed E-state index contributed by atoms with van der Waals surface area (Å²) in [5, 5.41) is 3.33. The van der Waals surface area contributed by atoms with Gasteiger partial charge in [0.25, 0.3) is 0 Å². The van der Waals surface area contributed by atoms with Gasteiger partial charge in [0.2, 0.25) is 0 Å². The lowest BCUT2D eigenvalue weighted by Gasteiger charge is -2.13. The van der Waals surface area contributed by atoms with Crippen LogP contribution in [0.2, 0.25) is 0 Å². The Hall–Kier alpha value is -2.17. The van der Waals surface area contributed by atoms with E-state index in [1.54, 1.807) is 13.3 Å². The molecule has 0 unspecified atom stereocenters. The van der Waals surface area contributed by atoms with Crippen molar-refractivity contribution >= 4 is 5.82 Å². The molecule has 5 nitrogen and oxygen atoms in total. The first-order valence-corrected chi connectivity index (χ1v) is 7.34. The average Bonchev–Trinajstić information content (AvgIpc) is 3.34. The maximum Gasteiger partial charge on any atom is 0.137 e. The Morgan fingerprint density at radius 1 is 1.29 bits per heavy atom. The minimum atomic E-state index is 0.514. The second-order valence-corrected chi connectivity index (χ2v) is 5.32. The Morgan fingerprint density at radius 3 is 2.76 bits per heavy atom. The van der Waals surface area contributed by atoms with Crippen LogP contribution in [0.4, 0.5) is 5.82 Å². The molecule has 0 bridgehead atoms. The highest BCUT2D eigenvalue weighted by molar-refractivity contribution is 5.68. The summed E-state index contributed by atoms with van der Waals surface area (Å²) in [6.07, 6.45) is 5.89. The number of pyridine rings is 1. The average molecular weight is 284 g/mol. The van der Waals surface area contributed by atoms with E-state index in [0.29, 0.717) is 5.92 Å².